The molecule has 8 unspecified atom stereocenters. The molecule has 0 saturated carbocycles. The zero-order valence-electron chi connectivity index (χ0n) is 48.5. The molecule has 486 valence electrons. The van der Waals surface area contributed by atoms with E-state index in [1.54, 1.807) is 24.3 Å². The van der Waals surface area contributed by atoms with Crippen molar-refractivity contribution in [3.8, 4) is 11.1 Å². The Bertz CT molecular complexity index is 3360. The van der Waals surface area contributed by atoms with Crippen molar-refractivity contribution in [2.45, 2.75) is 106 Å². The van der Waals surface area contributed by atoms with E-state index in [-0.39, 0.29) is 42.1 Å². The van der Waals surface area contributed by atoms with Crippen molar-refractivity contribution in [1.82, 2.24) is 53.2 Å². The standard InChI is InChI=1S/C56H69N11O22S/c1-28(16-48(74)75)51-54(82)66-41(20-42(68)35-10-5-6-11-38(35)57)55(83)89-29(2)17-43(69)60-25-46(72)64-39(12-7-15-59-56(84)88-27-37-33-9-4-3-8-32(33)34-14-13-31(19-36(34)37)90(85,86)87)53(81)63-30(18-49(76)77)22-58-23-45(71)65-40(21-50(78)79)52(80)62-24-44(70)61-26-47(73)67-51/h3-6,8-11,13-14,19,28-30,37,39-41,51,58H,7,12,15-18,20-27,57H2,1-2H3,(H,59,84)(H,60,69)(H,61,70)(H,62,80)(H,63,81)(H,64,72)(H,65,71)(H,66,82)(H,67,73)(H,74,75)(H,76,77)(H,78,79)(H,85,86,87). The molecule has 3 aromatic carbocycles. The van der Waals surface area contributed by atoms with Crippen molar-refractivity contribution in [3.05, 3.63) is 83.4 Å². The maximum Gasteiger partial charge on any atom is 0.407 e. The molecule has 3 aromatic rings. The fourth-order valence-corrected chi connectivity index (χ4v) is 9.99. The summed E-state index contributed by atoms with van der Waals surface area (Å²) in [6, 6.07) is 8.32. The quantitative estimate of drug-likeness (QED) is 0.0213. The van der Waals surface area contributed by atoms with E-state index >= 15 is 0 Å². The summed E-state index contributed by atoms with van der Waals surface area (Å²) in [5, 5.41) is 52.0. The number of esters is 1. The number of hydrogen-bond donors (Lipinski definition) is 15. The molecule has 9 amide bonds. The lowest BCUT2D eigenvalue weighted by Crippen LogP contribution is -2.56. The van der Waals surface area contributed by atoms with Crippen LogP contribution in [-0.4, -0.2) is 193 Å². The van der Waals surface area contributed by atoms with Gasteiger partial charge in [0.15, 0.2) is 5.78 Å². The van der Waals surface area contributed by atoms with Gasteiger partial charge in [-0.05, 0) is 72.2 Å². The Balaban J connectivity index is 1.35. The summed E-state index contributed by atoms with van der Waals surface area (Å²) >= 11 is 0. The number of aliphatic carboxylic acids is 3. The van der Waals surface area contributed by atoms with E-state index in [2.05, 4.69) is 53.2 Å². The van der Waals surface area contributed by atoms with Gasteiger partial charge in [-0.25, -0.2) is 9.59 Å². The molecular weight excluding hydrogens is 1210 g/mol. The second-order valence-electron chi connectivity index (χ2n) is 20.9. The summed E-state index contributed by atoms with van der Waals surface area (Å²) in [6.07, 6.45) is -6.77. The number of nitrogen functional groups attached to an aromatic ring is 1. The molecule has 2 aliphatic rings. The smallest absolute Gasteiger partial charge is 0.407 e. The third-order valence-electron chi connectivity index (χ3n) is 13.8. The fourth-order valence-electron chi connectivity index (χ4n) is 9.48. The number of benzene rings is 3. The number of carboxylic acid groups (broad SMARTS) is 3. The third-order valence-corrected chi connectivity index (χ3v) is 14.6. The molecule has 0 aromatic heterocycles. The lowest BCUT2D eigenvalue weighted by molar-refractivity contribution is -0.154. The second kappa shape index (κ2) is 33.3. The second-order valence-corrected chi connectivity index (χ2v) is 22.3. The van der Waals surface area contributed by atoms with Gasteiger partial charge in [0.1, 0.15) is 36.9 Å². The Hall–Kier alpha value is -10.1. The normalized spacial score (nSPS) is 21.8. The Labute approximate surface area is 513 Å². The molecule has 1 saturated heterocycles. The van der Waals surface area contributed by atoms with Gasteiger partial charge in [0, 0.05) is 36.7 Å². The molecule has 0 bridgehead atoms. The van der Waals surface area contributed by atoms with E-state index in [4.69, 9.17) is 15.2 Å². The van der Waals surface area contributed by atoms with Gasteiger partial charge < -0.3 is 83.7 Å². The van der Waals surface area contributed by atoms with Gasteiger partial charge in [-0.3, -0.25) is 62.1 Å². The molecule has 0 spiro atoms. The number of amides is 9. The van der Waals surface area contributed by atoms with Crippen LogP contribution in [0.4, 0.5) is 10.5 Å². The molecule has 1 aliphatic carbocycles. The van der Waals surface area contributed by atoms with Gasteiger partial charge in [0.25, 0.3) is 10.1 Å². The summed E-state index contributed by atoms with van der Waals surface area (Å²) in [5.74, 6) is -17.0. The predicted molar refractivity (Wildman–Crippen MR) is 310 cm³/mol. The van der Waals surface area contributed by atoms with Crippen LogP contribution in [-0.2, 0) is 77.1 Å². The first-order chi connectivity index (χ1) is 42.5. The average molecular weight is 1280 g/mol. The molecule has 0 radical (unpaired) electrons. The van der Waals surface area contributed by atoms with Crippen molar-refractivity contribution in [1.29, 1.82) is 0 Å². The van der Waals surface area contributed by atoms with Crippen LogP contribution in [0.25, 0.3) is 11.1 Å². The minimum absolute atomic E-state index is 0.0194. The monoisotopic (exact) mass is 1280 g/mol. The minimum atomic E-state index is -4.60. The van der Waals surface area contributed by atoms with E-state index in [0.717, 1.165) is 5.56 Å². The van der Waals surface area contributed by atoms with Crippen LogP contribution in [0.1, 0.15) is 86.2 Å². The third kappa shape index (κ3) is 22.3. The van der Waals surface area contributed by atoms with Crippen LogP contribution in [0.15, 0.2) is 71.6 Å². The van der Waals surface area contributed by atoms with Crippen molar-refractivity contribution >= 4 is 98.8 Å². The van der Waals surface area contributed by atoms with E-state index < -0.39 is 206 Å². The number of Topliss-reactive ketones (excluding diaryl/α,β-unsaturated/α-hetero) is 1. The molecule has 33 nitrogen and oxygen atoms in total. The van der Waals surface area contributed by atoms with Crippen LogP contribution >= 0.6 is 0 Å². The molecular formula is C56H69N11O22S. The summed E-state index contributed by atoms with van der Waals surface area (Å²) in [7, 11) is -4.60. The van der Waals surface area contributed by atoms with Crippen molar-refractivity contribution in [3.63, 3.8) is 0 Å². The number of para-hydroxylation sites is 1. The molecule has 16 N–H and O–H groups in total. The first-order valence-electron chi connectivity index (χ1n) is 27.8. The highest BCUT2D eigenvalue weighted by molar-refractivity contribution is 7.85. The van der Waals surface area contributed by atoms with E-state index in [1.165, 1.54) is 56.3 Å². The number of nitrogens with two attached hydrogens (primary N) is 1. The van der Waals surface area contributed by atoms with Crippen LogP contribution in [0.2, 0.25) is 0 Å². The molecule has 34 heteroatoms. The molecule has 90 heavy (non-hydrogen) atoms. The van der Waals surface area contributed by atoms with E-state index in [0.29, 0.717) is 16.7 Å². The van der Waals surface area contributed by atoms with Crippen LogP contribution in [0.3, 0.4) is 0 Å². The molecule has 8 atom stereocenters. The van der Waals surface area contributed by atoms with Crippen molar-refractivity contribution < 1.29 is 105 Å². The number of cyclic esters (lactones) is 1. The van der Waals surface area contributed by atoms with Gasteiger partial charge in [0.05, 0.1) is 62.8 Å². The molecule has 1 fully saturated rings. The van der Waals surface area contributed by atoms with Crippen LogP contribution < -0.4 is 58.9 Å². The number of ether oxygens (including phenoxy) is 2. The molecule has 1 heterocycles. The summed E-state index contributed by atoms with van der Waals surface area (Å²) in [5.41, 5.74) is 8.44. The number of nitrogens with one attached hydrogen (secondary N) is 10. The maximum atomic E-state index is 14.0. The summed E-state index contributed by atoms with van der Waals surface area (Å²) in [6.45, 7) is -1.88. The Morgan fingerprint density at radius 1 is 0.667 bits per heavy atom. The predicted octanol–water partition coefficient (Wildman–Crippen LogP) is -2.84. The number of alkyl carbamates (subject to hydrolysis) is 1. The zero-order chi connectivity index (χ0) is 66.4. The Kier molecular flexibility index (Phi) is 26.2. The van der Waals surface area contributed by atoms with Gasteiger partial charge in [-0.1, -0.05) is 49.4 Å². The summed E-state index contributed by atoms with van der Waals surface area (Å²) < 4.78 is 44.7. The largest absolute Gasteiger partial charge is 0.481 e. The highest BCUT2D eigenvalue weighted by Crippen LogP contribution is 2.45. The van der Waals surface area contributed by atoms with Crippen molar-refractivity contribution in [2.75, 3.05) is 51.6 Å². The summed E-state index contributed by atoms with van der Waals surface area (Å²) in [4.78, 5) is 182. The molecule has 1 aliphatic heterocycles. The maximum absolute atomic E-state index is 14.0. The fraction of sp³-hybridized carbons (Fsp3) is 0.429. The lowest BCUT2D eigenvalue weighted by Gasteiger charge is -2.26. The SMILES string of the molecule is CC1CC(=O)NCC(=O)NC(CCCNC(=O)OCC2c3ccccc3-c3ccc(S(=O)(=O)O)cc32)C(=O)NC(CC(=O)O)CNCC(=O)NC(CC(=O)O)C(=O)NCC(=O)NCC(=O)NC(C(C)CC(=O)O)C(=O)NC(CC(=O)c2ccccc2N)C(=O)O1. The number of carboxylic acids is 3. The zero-order valence-corrected chi connectivity index (χ0v) is 49.3. The van der Waals surface area contributed by atoms with Gasteiger partial charge >= 0.3 is 30.0 Å². The number of anilines is 1. The first-order valence-corrected chi connectivity index (χ1v) is 29.3. The van der Waals surface area contributed by atoms with E-state index in [9.17, 15) is 95.4 Å². The Morgan fingerprint density at radius 2 is 1.29 bits per heavy atom. The highest BCUT2D eigenvalue weighted by atomic mass is 32.2. The first kappa shape index (κ1) is 70.7. The number of fused-ring (bicyclic) bond motifs is 3. The average Bonchev–Trinajstić information content (AvgIpc) is 1.61. The Morgan fingerprint density at radius 3 is 1.97 bits per heavy atom. The topological polar surface area (TPSA) is 519 Å². The molecule has 5 rings (SSSR count). The lowest BCUT2D eigenvalue weighted by atomic mass is 9.96. The number of rotatable bonds is 17. The highest BCUT2D eigenvalue weighted by Gasteiger charge is 2.36. The number of ketones is 1. The van der Waals surface area contributed by atoms with Crippen LogP contribution in [0.5, 0.6) is 0 Å². The van der Waals surface area contributed by atoms with Gasteiger partial charge in [-0.15, -0.1) is 0 Å². The van der Waals surface area contributed by atoms with Crippen LogP contribution in [0, 0.1) is 5.92 Å². The minimum Gasteiger partial charge on any atom is -0.481 e. The van der Waals surface area contributed by atoms with Gasteiger partial charge in [-0.2, -0.15) is 8.42 Å². The number of carbonyl (C=O) groups is 14. The number of hydrogen-bond acceptors (Lipinski definition) is 20. The van der Waals surface area contributed by atoms with E-state index in [1.807, 2.05) is 0 Å². The number of carbonyl (C=O) groups excluding carboxylic acids is 11. The van der Waals surface area contributed by atoms with Crippen molar-refractivity contribution in [2.24, 2.45) is 5.92 Å². The van der Waals surface area contributed by atoms with Gasteiger partial charge in [0.2, 0.25) is 47.3 Å².